The van der Waals surface area contributed by atoms with E-state index in [2.05, 4.69) is 5.32 Å². The van der Waals surface area contributed by atoms with Gasteiger partial charge in [0.05, 0.1) is 12.6 Å². The van der Waals surface area contributed by atoms with Crippen LogP contribution in [0.5, 0.6) is 0 Å². The molecule has 5 nitrogen and oxygen atoms in total. The van der Waals surface area contributed by atoms with Crippen molar-refractivity contribution in [1.82, 2.24) is 10.2 Å². The first kappa shape index (κ1) is 15.7. The van der Waals surface area contributed by atoms with Gasteiger partial charge in [-0.25, -0.2) is 0 Å². The minimum atomic E-state index is -4.97. The van der Waals surface area contributed by atoms with Gasteiger partial charge in [0.1, 0.15) is 6.04 Å². The van der Waals surface area contributed by atoms with Gasteiger partial charge in [-0.05, 0) is 19.3 Å². The van der Waals surface area contributed by atoms with Crippen molar-refractivity contribution >= 4 is 11.8 Å². The SMILES string of the molecule is CCC(CO)NC(=O)C1CCCN1C(=O)C(F)(F)F. The van der Waals surface area contributed by atoms with Gasteiger partial charge in [0.15, 0.2) is 0 Å². The largest absolute Gasteiger partial charge is 0.471 e. The van der Waals surface area contributed by atoms with Crippen LogP contribution in [0.3, 0.4) is 0 Å². The molecule has 1 rings (SSSR count). The molecule has 2 amide bonds. The van der Waals surface area contributed by atoms with Crippen LogP contribution in [0.4, 0.5) is 13.2 Å². The summed E-state index contributed by atoms with van der Waals surface area (Å²) in [5.41, 5.74) is 0. The number of halogens is 3. The molecule has 0 aliphatic carbocycles. The molecule has 1 aliphatic heterocycles. The Morgan fingerprint density at radius 3 is 2.58 bits per heavy atom. The Morgan fingerprint density at radius 2 is 2.11 bits per heavy atom. The van der Waals surface area contributed by atoms with Crippen molar-refractivity contribution in [3.63, 3.8) is 0 Å². The maximum atomic E-state index is 12.4. The highest BCUT2D eigenvalue weighted by molar-refractivity contribution is 5.90. The molecular formula is C11H17F3N2O3. The molecule has 2 N–H and O–H groups in total. The number of hydrogen-bond acceptors (Lipinski definition) is 3. The fourth-order valence-corrected chi connectivity index (χ4v) is 2.02. The standard InChI is InChI=1S/C11H17F3N2O3/c1-2-7(6-17)15-9(18)8-4-3-5-16(8)10(19)11(12,13)14/h7-8,17H,2-6H2,1H3,(H,15,18). The van der Waals surface area contributed by atoms with E-state index < -0.39 is 30.1 Å². The zero-order valence-electron chi connectivity index (χ0n) is 10.5. The van der Waals surface area contributed by atoms with Gasteiger partial charge in [-0.3, -0.25) is 9.59 Å². The molecule has 19 heavy (non-hydrogen) atoms. The molecule has 1 aliphatic rings. The number of rotatable bonds is 4. The van der Waals surface area contributed by atoms with Crippen molar-refractivity contribution < 1.29 is 27.9 Å². The number of nitrogens with one attached hydrogen (secondary N) is 1. The fourth-order valence-electron chi connectivity index (χ4n) is 2.02. The molecule has 0 aromatic heterocycles. The van der Waals surface area contributed by atoms with E-state index in [0.717, 1.165) is 0 Å². The minimum absolute atomic E-state index is 0.0770. The minimum Gasteiger partial charge on any atom is -0.394 e. The predicted molar refractivity (Wildman–Crippen MR) is 60.1 cm³/mol. The van der Waals surface area contributed by atoms with Gasteiger partial charge in [-0.2, -0.15) is 13.2 Å². The Balaban J connectivity index is 2.71. The topological polar surface area (TPSA) is 69.6 Å². The van der Waals surface area contributed by atoms with Crippen LogP contribution in [0, 0.1) is 0 Å². The quantitative estimate of drug-likeness (QED) is 0.785. The van der Waals surface area contributed by atoms with Crippen molar-refractivity contribution in [2.75, 3.05) is 13.2 Å². The lowest BCUT2D eigenvalue weighted by atomic mass is 10.1. The lowest BCUT2D eigenvalue weighted by molar-refractivity contribution is -0.186. The second-order valence-corrected chi connectivity index (χ2v) is 4.45. The van der Waals surface area contributed by atoms with E-state index in [-0.39, 0.29) is 19.6 Å². The highest BCUT2D eigenvalue weighted by atomic mass is 19.4. The number of amides is 2. The van der Waals surface area contributed by atoms with Crippen molar-refractivity contribution in [1.29, 1.82) is 0 Å². The molecule has 0 aromatic carbocycles. The summed E-state index contributed by atoms with van der Waals surface area (Å²) >= 11 is 0. The number of aliphatic hydroxyl groups excluding tert-OH is 1. The van der Waals surface area contributed by atoms with Gasteiger partial charge in [0.25, 0.3) is 0 Å². The number of likely N-dealkylation sites (tertiary alicyclic amines) is 1. The Labute approximate surface area is 108 Å². The maximum Gasteiger partial charge on any atom is 0.471 e. The van der Waals surface area contributed by atoms with E-state index in [4.69, 9.17) is 5.11 Å². The van der Waals surface area contributed by atoms with Crippen molar-refractivity contribution in [2.24, 2.45) is 0 Å². The Kier molecular flexibility index (Phi) is 5.16. The third-order valence-electron chi connectivity index (χ3n) is 3.12. The van der Waals surface area contributed by atoms with Crippen LogP contribution < -0.4 is 5.32 Å². The van der Waals surface area contributed by atoms with E-state index in [0.29, 0.717) is 17.7 Å². The van der Waals surface area contributed by atoms with Crippen molar-refractivity contribution in [2.45, 2.75) is 44.4 Å². The molecule has 1 heterocycles. The molecule has 1 fully saturated rings. The maximum absolute atomic E-state index is 12.4. The first-order valence-corrected chi connectivity index (χ1v) is 6.10. The second-order valence-electron chi connectivity index (χ2n) is 4.45. The first-order chi connectivity index (χ1) is 8.81. The molecule has 0 bridgehead atoms. The molecule has 0 spiro atoms. The molecule has 0 aromatic rings. The van der Waals surface area contributed by atoms with Gasteiger partial charge in [0.2, 0.25) is 5.91 Å². The molecule has 110 valence electrons. The molecule has 8 heteroatoms. The van der Waals surface area contributed by atoms with Gasteiger partial charge in [-0.15, -0.1) is 0 Å². The summed E-state index contributed by atoms with van der Waals surface area (Å²) in [7, 11) is 0. The van der Waals surface area contributed by atoms with E-state index >= 15 is 0 Å². The average molecular weight is 282 g/mol. The number of nitrogens with zero attached hydrogens (tertiary/aromatic N) is 1. The van der Waals surface area contributed by atoms with E-state index in [1.54, 1.807) is 6.92 Å². The Bertz CT molecular complexity index is 343. The first-order valence-electron chi connectivity index (χ1n) is 6.10. The van der Waals surface area contributed by atoms with Crippen LogP contribution in [0.15, 0.2) is 0 Å². The van der Waals surface area contributed by atoms with Crippen LogP contribution >= 0.6 is 0 Å². The van der Waals surface area contributed by atoms with Crippen LogP contribution in [-0.4, -0.2) is 53.2 Å². The summed E-state index contributed by atoms with van der Waals surface area (Å²) in [4.78, 5) is 23.6. The second kappa shape index (κ2) is 6.23. The zero-order chi connectivity index (χ0) is 14.6. The number of alkyl halides is 3. The van der Waals surface area contributed by atoms with Gasteiger partial charge < -0.3 is 15.3 Å². The van der Waals surface area contributed by atoms with E-state index in [1.165, 1.54) is 0 Å². The summed E-state index contributed by atoms with van der Waals surface area (Å²) in [6.07, 6.45) is -3.95. The number of carbonyl (C=O) groups excluding carboxylic acids is 2. The molecule has 1 saturated heterocycles. The smallest absolute Gasteiger partial charge is 0.394 e. The predicted octanol–water partition coefficient (Wildman–Crippen LogP) is 0.427. The Hall–Kier alpha value is -1.31. The lowest BCUT2D eigenvalue weighted by Gasteiger charge is -2.26. The number of hydrogen-bond donors (Lipinski definition) is 2. The summed E-state index contributed by atoms with van der Waals surface area (Å²) < 4.78 is 37.1. The van der Waals surface area contributed by atoms with Crippen molar-refractivity contribution in [3.05, 3.63) is 0 Å². The summed E-state index contributed by atoms with van der Waals surface area (Å²) in [5, 5.41) is 11.4. The molecular weight excluding hydrogens is 265 g/mol. The van der Waals surface area contributed by atoms with Crippen LogP contribution in [0.25, 0.3) is 0 Å². The highest BCUT2D eigenvalue weighted by Crippen LogP contribution is 2.25. The normalized spacial score (nSPS) is 21.3. The summed E-state index contributed by atoms with van der Waals surface area (Å²) in [6, 6.07) is -1.61. The molecule has 2 atom stereocenters. The van der Waals surface area contributed by atoms with Gasteiger partial charge >= 0.3 is 12.1 Å². The summed E-state index contributed by atoms with van der Waals surface area (Å²) in [5.74, 6) is -2.63. The van der Waals surface area contributed by atoms with Gasteiger partial charge in [-0.1, -0.05) is 6.92 Å². The molecule has 0 saturated carbocycles. The van der Waals surface area contributed by atoms with Crippen LogP contribution in [-0.2, 0) is 9.59 Å². The summed E-state index contributed by atoms with van der Waals surface area (Å²) in [6.45, 7) is 1.36. The van der Waals surface area contributed by atoms with E-state index in [9.17, 15) is 22.8 Å². The highest BCUT2D eigenvalue weighted by Gasteiger charge is 2.47. The third kappa shape index (κ3) is 3.82. The average Bonchev–Trinajstić information content (AvgIpc) is 2.82. The number of aliphatic hydroxyl groups is 1. The van der Waals surface area contributed by atoms with Crippen LogP contribution in [0.1, 0.15) is 26.2 Å². The molecule has 0 radical (unpaired) electrons. The number of carbonyl (C=O) groups is 2. The van der Waals surface area contributed by atoms with Crippen LogP contribution in [0.2, 0.25) is 0 Å². The Morgan fingerprint density at radius 1 is 1.47 bits per heavy atom. The lowest BCUT2D eigenvalue weighted by Crippen LogP contribution is -2.52. The molecule has 2 unspecified atom stereocenters. The fraction of sp³-hybridized carbons (Fsp3) is 0.818. The van der Waals surface area contributed by atoms with Gasteiger partial charge in [0, 0.05) is 6.54 Å². The van der Waals surface area contributed by atoms with E-state index in [1.807, 2.05) is 0 Å². The zero-order valence-corrected chi connectivity index (χ0v) is 10.5. The monoisotopic (exact) mass is 282 g/mol. The third-order valence-corrected chi connectivity index (χ3v) is 3.12. The van der Waals surface area contributed by atoms with Crippen molar-refractivity contribution in [3.8, 4) is 0 Å².